The molecule has 1 aromatic carbocycles. The van der Waals surface area contributed by atoms with Gasteiger partial charge in [0.15, 0.2) is 0 Å². The van der Waals surface area contributed by atoms with Gasteiger partial charge in [-0.2, -0.15) is 18.2 Å². The zero-order chi connectivity index (χ0) is 15.3. The van der Waals surface area contributed by atoms with Gasteiger partial charge in [0, 0.05) is 6.07 Å². The largest absolute Gasteiger partial charge is 0.490 e. The Morgan fingerprint density at radius 3 is 2.33 bits per heavy atom. The predicted molar refractivity (Wildman–Crippen MR) is 68.9 cm³/mol. The van der Waals surface area contributed by atoms with Crippen molar-refractivity contribution in [3.8, 4) is 11.6 Å². The number of aromatic nitrogens is 2. The fraction of sp³-hybridized carbons (Fsp3) is 0.231. The van der Waals surface area contributed by atoms with Crippen LogP contribution in [0.2, 0.25) is 0 Å². The highest BCUT2D eigenvalue weighted by Crippen LogP contribution is 2.28. The van der Waals surface area contributed by atoms with Crippen LogP contribution in [-0.2, 0) is 6.18 Å². The molecule has 1 aromatic heterocycles. The Morgan fingerprint density at radius 1 is 1.00 bits per heavy atom. The summed E-state index contributed by atoms with van der Waals surface area (Å²) in [6, 6.07) is 10.1. The van der Waals surface area contributed by atoms with Crippen molar-refractivity contribution in [3.63, 3.8) is 0 Å². The lowest BCUT2D eigenvalue weighted by Gasteiger charge is -2.10. The second-order valence-electron chi connectivity index (χ2n) is 3.96. The third-order valence-electron chi connectivity index (χ3n) is 2.32. The van der Waals surface area contributed by atoms with Crippen molar-refractivity contribution in [2.45, 2.75) is 6.18 Å². The van der Waals surface area contributed by atoms with Crippen LogP contribution in [-0.4, -0.2) is 23.2 Å². The smallest absolute Gasteiger partial charge is 0.451 e. The molecule has 0 atom stereocenters. The van der Waals surface area contributed by atoms with Gasteiger partial charge >= 0.3 is 6.18 Å². The number of nitrogen functional groups attached to an aromatic ring is 1. The number of ether oxygens (including phenoxy) is 2. The van der Waals surface area contributed by atoms with Gasteiger partial charge in [-0.1, -0.05) is 18.2 Å². The summed E-state index contributed by atoms with van der Waals surface area (Å²) in [7, 11) is 0. The molecule has 0 unspecified atom stereocenters. The maximum absolute atomic E-state index is 12.5. The Hall–Kier alpha value is -2.51. The van der Waals surface area contributed by atoms with E-state index in [9.17, 15) is 13.2 Å². The summed E-state index contributed by atoms with van der Waals surface area (Å²) in [5.74, 6) is -1.25. The number of para-hydroxylation sites is 1. The first-order chi connectivity index (χ1) is 9.95. The summed E-state index contributed by atoms with van der Waals surface area (Å²) in [5, 5.41) is 0. The minimum atomic E-state index is -4.67. The molecule has 0 aliphatic heterocycles. The van der Waals surface area contributed by atoms with Crippen molar-refractivity contribution in [1.82, 2.24) is 9.97 Å². The van der Waals surface area contributed by atoms with Crippen LogP contribution in [0.25, 0.3) is 0 Å². The van der Waals surface area contributed by atoms with Gasteiger partial charge in [-0.3, -0.25) is 0 Å². The Bertz CT molecular complexity index is 591. The summed E-state index contributed by atoms with van der Waals surface area (Å²) in [4.78, 5) is 6.37. The average Bonchev–Trinajstić information content (AvgIpc) is 2.43. The first-order valence-electron chi connectivity index (χ1n) is 5.97. The molecule has 0 aliphatic rings. The van der Waals surface area contributed by atoms with Gasteiger partial charge in [-0.25, -0.2) is 4.98 Å². The van der Waals surface area contributed by atoms with Gasteiger partial charge < -0.3 is 15.2 Å². The van der Waals surface area contributed by atoms with E-state index >= 15 is 0 Å². The second-order valence-corrected chi connectivity index (χ2v) is 3.96. The quantitative estimate of drug-likeness (QED) is 0.859. The molecule has 21 heavy (non-hydrogen) atoms. The van der Waals surface area contributed by atoms with E-state index in [1.807, 2.05) is 6.07 Å². The number of rotatable bonds is 5. The number of nitrogens with two attached hydrogens (primary N) is 1. The zero-order valence-corrected chi connectivity index (χ0v) is 10.8. The van der Waals surface area contributed by atoms with Crippen molar-refractivity contribution < 1.29 is 22.6 Å². The van der Waals surface area contributed by atoms with E-state index in [1.165, 1.54) is 0 Å². The van der Waals surface area contributed by atoms with Crippen LogP contribution in [0.4, 0.5) is 19.0 Å². The third kappa shape index (κ3) is 4.51. The molecule has 0 saturated heterocycles. The van der Waals surface area contributed by atoms with E-state index in [0.717, 1.165) is 6.07 Å². The molecule has 0 radical (unpaired) electrons. The molecule has 2 rings (SSSR count). The maximum Gasteiger partial charge on any atom is 0.451 e. The predicted octanol–water partition coefficient (Wildman–Crippen LogP) is 2.54. The van der Waals surface area contributed by atoms with Crippen LogP contribution in [0, 0.1) is 0 Å². The number of hydrogen-bond donors (Lipinski definition) is 1. The average molecular weight is 299 g/mol. The van der Waals surface area contributed by atoms with Crippen LogP contribution >= 0.6 is 0 Å². The Morgan fingerprint density at radius 2 is 1.67 bits per heavy atom. The zero-order valence-electron chi connectivity index (χ0n) is 10.8. The van der Waals surface area contributed by atoms with Crippen molar-refractivity contribution in [1.29, 1.82) is 0 Å². The Kier molecular flexibility index (Phi) is 4.46. The lowest BCUT2D eigenvalue weighted by atomic mass is 10.3. The van der Waals surface area contributed by atoms with E-state index < -0.39 is 12.0 Å². The summed E-state index contributed by atoms with van der Waals surface area (Å²) < 4.78 is 47.9. The van der Waals surface area contributed by atoms with Crippen molar-refractivity contribution >= 4 is 5.82 Å². The van der Waals surface area contributed by atoms with Gasteiger partial charge in [-0.15, -0.1) is 0 Å². The monoisotopic (exact) mass is 299 g/mol. The molecule has 0 spiro atoms. The topological polar surface area (TPSA) is 70.3 Å². The molecule has 0 saturated carbocycles. The molecule has 2 aromatic rings. The molecule has 0 amide bonds. The highest BCUT2D eigenvalue weighted by molar-refractivity contribution is 5.33. The van der Waals surface area contributed by atoms with Crippen LogP contribution in [0.15, 0.2) is 36.4 Å². The molecule has 1 heterocycles. The van der Waals surface area contributed by atoms with Gasteiger partial charge in [0.2, 0.25) is 11.7 Å². The molecule has 5 nitrogen and oxygen atoms in total. The van der Waals surface area contributed by atoms with E-state index in [4.69, 9.17) is 15.2 Å². The third-order valence-corrected chi connectivity index (χ3v) is 2.32. The molecule has 2 N–H and O–H groups in total. The molecule has 0 bridgehead atoms. The fourth-order valence-electron chi connectivity index (χ4n) is 1.47. The van der Waals surface area contributed by atoms with Gasteiger partial charge in [-0.05, 0) is 12.1 Å². The summed E-state index contributed by atoms with van der Waals surface area (Å²) >= 11 is 0. The minimum Gasteiger partial charge on any atom is -0.490 e. The van der Waals surface area contributed by atoms with E-state index in [-0.39, 0.29) is 24.9 Å². The lowest BCUT2D eigenvalue weighted by molar-refractivity contribution is -0.145. The number of halogens is 3. The molecule has 0 fully saturated rings. The lowest BCUT2D eigenvalue weighted by Crippen LogP contribution is -2.15. The Balaban J connectivity index is 1.90. The SMILES string of the molecule is Nc1cc(OCCOc2ccccc2)nc(C(F)(F)F)n1. The van der Waals surface area contributed by atoms with E-state index in [1.54, 1.807) is 24.3 Å². The standard InChI is InChI=1S/C13H12F3N3O2/c14-13(15,16)12-18-10(17)8-11(19-12)21-7-6-20-9-4-2-1-3-5-9/h1-5,8H,6-7H2,(H2,17,18,19). The van der Waals surface area contributed by atoms with Crippen LogP contribution < -0.4 is 15.2 Å². The first kappa shape index (κ1) is 14.9. The van der Waals surface area contributed by atoms with Gasteiger partial charge in [0.25, 0.3) is 0 Å². The molecular formula is C13H12F3N3O2. The van der Waals surface area contributed by atoms with E-state index in [0.29, 0.717) is 5.75 Å². The maximum atomic E-state index is 12.5. The van der Waals surface area contributed by atoms with Crippen LogP contribution in [0.3, 0.4) is 0 Å². The highest BCUT2D eigenvalue weighted by atomic mass is 19.4. The second kappa shape index (κ2) is 6.29. The summed E-state index contributed by atoms with van der Waals surface area (Å²) in [6.45, 7) is 0.192. The van der Waals surface area contributed by atoms with Crippen molar-refractivity contribution in [2.75, 3.05) is 18.9 Å². The number of anilines is 1. The summed E-state index contributed by atoms with van der Waals surface area (Å²) in [5.41, 5.74) is 5.29. The fourth-order valence-corrected chi connectivity index (χ4v) is 1.47. The van der Waals surface area contributed by atoms with Crippen LogP contribution in [0.5, 0.6) is 11.6 Å². The molecule has 112 valence electrons. The Labute approximate surface area is 118 Å². The molecular weight excluding hydrogens is 287 g/mol. The van der Waals surface area contributed by atoms with E-state index in [2.05, 4.69) is 9.97 Å². The number of alkyl halides is 3. The molecule has 0 aliphatic carbocycles. The first-order valence-corrected chi connectivity index (χ1v) is 5.97. The highest BCUT2D eigenvalue weighted by Gasteiger charge is 2.35. The normalized spacial score (nSPS) is 11.2. The number of hydrogen-bond acceptors (Lipinski definition) is 5. The summed E-state index contributed by atoms with van der Waals surface area (Å²) in [6.07, 6.45) is -4.67. The number of benzene rings is 1. The van der Waals surface area contributed by atoms with Crippen LogP contribution in [0.1, 0.15) is 5.82 Å². The van der Waals surface area contributed by atoms with Crippen molar-refractivity contribution in [2.24, 2.45) is 0 Å². The minimum absolute atomic E-state index is 0.0304. The van der Waals surface area contributed by atoms with Crippen molar-refractivity contribution in [3.05, 3.63) is 42.2 Å². The molecule has 8 heteroatoms. The van der Waals surface area contributed by atoms with Gasteiger partial charge in [0.1, 0.15) is 24.8 Å². The number of nitrogens with zero attached hydrogens (tertiary/aromatic N) is 2. The van der Waals surface area contributed by atoms with Gasteiger partial charge in [0.05, 0.1) is 0 Å².